The number of nitrogens with two attached hydrogens (primary N) is 1. The lowest BCUT2D eigenvalue weighted by Gasteiger charge is -2.32. The van der Waals surface area contributed by atoms with Crippen LogP contribution in [0, 0.1) is 11.7 Å². The maximum absolute atomic E-state index is 14.9. The van der Waals surface area contributed by atoms with Gasteiger partial charge in [-0.3, -0.25) is 14.8 Å². The second kappa shape index (κ2) is 10.6. The number of benzene rings is 1. The Morgan fingerprint density at radius 3 is 2.86 bits per heavy atom. The minimum Gasteiger partial charge on any atom is -0.393 e. The molecule has 2 aliphatic rings. The highest BCUT2D eigenvalue weighted by Crippen LogP contribution is 2.37. The highest BCUT2D eigenvalue weighted by molar-refractivity contribution is 6.08. The van der Waals surface area contributed by atoms with E-state index >= 15 is 0 Å². The van der Waals surface area contributed by atoms with Gasteiger partial charge in [0.1, 0.15) is 5.82 Å². The highest BCUT2D eigenvalue weighted by Gasteiger charge is 2.28. The van der Waals surface area contributed by atoms with Crippen LogP contribution in [0.25, 0.3) is 10.9 Å². The molecule has 1 saturated carbocycles. The maximum Gasteiger partial charge on any atom is 0.169 e. The van der Waals surface area contributed by atoms with Gasteiger partial charge >= 0.3 is 0 Å². The number of pyridine rings is 2. The molecular formula is C29H35FN4O2. The Hall–Kier alpha value is -2.90. The number of ketones is 1. The van der Waals surface area contributed by atoms with Crippen molar-refractivity contribution < 1.29 is 14.3 Å². The topological polar surface area (TPSA) is 92.3 Å². The van der Waals surface area contributed by atoms with E-state index in [1.54, 1.807) is 30.7 Å². The van der Waals surface area contributed by atoms with Gasteiger partial charge in [0.25, 0.3) is 0 Å². The van der Waals surface area contributed by atoms with E-state index in [4.69, 9.17) is 5.73 Å². The zero-order chi connectivity index (χ0) is 25.2. The van der Waals surface area contributed by atoms with Gasteiger partial charge in [0, 0.05) is 48.9 Å². The molecule has 0 radical (unpaired) electrons. The molecule has 0 amide bonds. The number of aromatic nitrogens is 2. The van der Waals surface area contributed by atoms with E-state index in [1.807, 2.05) is 6.07 Å². The number of rotatable bonds is 5. The van der Waals surface area contributed by atoms with Crippen molar-refractivity contribution in [1.29, 1.82) is 0 Å². The van der Waals surface area contributed by atoms with Crippen LogP contribution < -0.4 is 10.6 Å². The Labute approximate surface area is 211 Å². The third kappa shape index (κ3) is 5.27. The second-order valence-electron chi connectivity index (χ2n) is 10.7. The first-order chi connectivity index (χ1) is 17.4. The molecule has 3 N–H and O–H groups in total. The molecule has 2 fully saturated rings. The summed E-state index contributed by atoms with van der Waals surface area (Å²) < 4.78 is 14.9. The van der Waals surface area contributed by atoms with E-state index in [9.17, 15) is 14.3 Å². The molecule has 1 saturated heterocycles. The smallest absolute Gasteiger partial charge is 0.169 e. The molecule has 190 valence electrons. The molecular weight excluding hydrogens is 455 g/mol. The predicted molar refractivity (Wildman–Crippen MR) is 140 cm³/mol. The van der Waals surface area contributed by atoms with Crippen LogP contribution in [-0.4, -0.2) is 46.1 Å². The van der Waals surface area contributed by atoms with Gasteiger partial charge in [-0.2, -0.15) is 0 Å². The van der Waals surface area contributed by atoms with E-state index in [0.717, 1.165) is 55.5 Å². The van der Waals surface area contributed by atoms with Crippen LogP contribution in [0.2, 0.25) is 0 Å². The van der Waals surface area contributed by atoms with Crippen molar-refractivity contribution >= 4 is 22.4 Å². The van der Waals surface area contributed by atoms with Crippen molar-refractivity contribution in [3.8, 4) is 0 Å². The lowest BCUT2D eigenvalue weighted by atomic mass is 9.75. The average Bonchev–Trinajstić information content (AvgIpc) is 3.08. The van der Waals surface area contributed by atoms with Gasteiger partial charge in [0.2, 0.25) is 0 Å². The van der Waals surface area contributed by atoms with E-state index in [0.29, 0.717) is 41.3 Å². The summed E-state index contributed by atoms with van der Waals surface area (Å²) in [6, 6.07) is 6.88. The molecule has 6 nitrogen and oxygen atoms in total. The molecule has 1 unspecified atom stereocenters. The van der Waals surface area contributed by atoms with Gasteiger partial charge in [0.05, 0.1) is 23.5 Å². The number of aliphatic hydroxyl groups is 1. The van der Waals surface area contributed by atoms with Crippen molar-refractivity contribution in [3.05, 3.63) is 65.4 Å². The summed E-state index contributed by atoms with van der Waals surface area (Å²) >= 11 is 0. The van der Waals surface area contributed by atoms with E-state index in [2.05, 4.69) is 21.8 Å². The second-order valence-corrected chi connectivity index (χ2v) is 10.7. The van der Waals surface area contributed by atoms with Crippen LogP contribution in [0.15, 0.2) is 42.9 Å². The average molecular weight is 491 g/mol. The molecule has 0 bridgehead atoms. The third-order valence-corrected chi connectivity index (χ3v) is 7.86. The number of hydrogen-bond donors (Lipinski definition) is 2. The van der Waals surface area contributed by atoms with Crippen LogP contribution in [-0.2, 0) is 6.42 Å². The molecule has 3 aromatic rings. The fraction of sp³-hybridized carbons (Fsp3) is 0.483. The predicted octanol–water partition coefficient (Wildman–Crippen LogP) is 4.78. The van der Waals surface area contributed by atoms with Crippen LogP contribution in [0.5, 0.6) is 0 Å². The highest BCUT2D eigenvalue weighted by atomic mass is 19.1. The Morgan fingerprint density at radius 1 is 1.17 bits per heavy atom. The number of nitrogens with zero attached hydrogens (tertiary/aromatic N) is 3. The summed E-state index contributed by atoms with van der Waals surface area (Å²) in [6.07, 6.45) is 10.5. The van der Waals surface area contributed by atoms with E-state index < -0.39 is 5.82 Å². The van der Waals surface area contributed by atoms with Crippen LogP contribution >= 0.6 is 0 Å². The summed E-state index contributed by atoms with van der Waals surface area (Å²) in [4.78, 5) is 24.5. The Balaban J connectivity index is 1.42. The molecule has 7 heteroatoms. The molecule has 0 spiro atoms. The van der Waals surface area contributed by atoms with Gasteiger partial charge in [-0.25, -0.2) is 4.39 Å². The van der Waals surface area contributed by atoms with Crippen molar-refractivity contribution in [3.63, 3.8) is 0 Å². The first-order valence-corrected chi connectivity index (χ1v) is 13.1. The van der Waals surface area contributed by atoms with Gasteiger partial charge in [0.15, 0.2) is 5.78 Å². The fourth-order valence-corrected chi connectivity index (χ4v) is 6.07. The summed E-state index contributed by atoms with van der Waals surface area (Å²) in [5, 5.41) is 10.3. The summed E-state index contributed by atoms with van der Waals surface area (Å²) in [7, 11) is 0. The number of Topliss-reactive ketones (excluding diaryl/α,β-unsaturated/α-hetero) is 1. The van der Waals surface area contributed by atoms with Gasteiger partial charge in [-0.1, -0.05) is 6.92 Å². The van der Waals surface area contributed by atoms with Crippen LogP contribution in [0.1, 0.15) is 72.9 Å². The summed E-state index contributed by atoms with van der Waals surface area (Å²) in [5.74, 6) is 0.369. The Kier molecular flexibility index (Phi) is 7.30. The van der Waals surface area contributed by atoms with Crippen LogP contribution in [0.3, 0.4) is 0 Å². The molecule has 1 aromatic carbocycles. The van der Waals surface area contributed by atoms with E-state index in [1.165, 1.54) is 6.07 Å². The number of hydrogen-bond acceptors (Lipinski definition) is 6. The minimum absolute atomic E-state index is 0.0967. The molecule has 3 heterocycles. The molecule has 5 rings (SSSR count). The van der Waals surface area contributed by atoms with Gasteiger partial charge in [-0.15, -0.1) is 0 Å². The molecule has 2 aromatic heterocycles. The zero-order valence-corrected chi connectivity index (χ0v) is 20.9. The van der Waals surface area contributed by atoms with Crippen molar-refractivity contribution in [1.82, 2.24) is 9.97 Å². The minimum atomic E-state index is -0.391. The van der Waals surface area contributed by atoms with Crippen molar-refractivity contribution in [2.45, 2.75) is 69.9 Å². The first kappa shape index (κ1) is 24.8. The van der Waals surface area contributed by atoms with Gasteiger partial charge < -0.3 is 15.7 Å². The molecule has 4 atom stereocenters. The monoisotopic (exact) mass is 490 g/mol. The number of anilines is 1. The quantitative estimate of drug-likeness (QED) is 0.500. The Morgan fingerprint density at radius 2 is 2.03 bits per heavy atom. The van der Waals surface area contributed by atoms with Crippen molar-refractivity contribution in [2.75, 3.05) is 18.0 Å². The number of aliphatic hydroxyl groups excluding tert-OH is 1. The number of halogens is 1. The molecule has 36 heavy (non-hydrogen) atoms. The van der Waals surface area contributed by atoms with Crippen LogP contribution in [0.4, 0.5) is 10.1 Å². The Bertz CT molecular complexity index is 1240. The normalized spacial score (nSPS) is 25.1. The first-order valence-electron chi connectivity index (χ1n) is 13.1. The third-order valence-electron chi connectivity index (χ3n) is 7.86. The number of carbonyl (C=O) groups is 1. The lowest BCUT2D eigenvalue weighted by molar-refractivity contribution is 0.0993. The largest absolute Gasteiger partial charge is 0.393 e. The van der Waals surface area contributed by atoms with Crippen molar-refractivity contribution in [2.24, 2.45) is 11.7 Å². The standard InChI is InChI=1S/C29H35FN4O2/c1-18-11-19(13-21(31)12-18)24-6-8-32-16-20(24)14-28(36)25-4-5-27(30)26-15-22(17-33-29(25)26)34-9-2-3-23(35)7-10-34/h4-6,8,15-19,21,23,35H,2-3,7,9-14,31H2,1H3/t18-,19+,21-,23?/m0/s1. The number of fused-ring (bicyclic) bond motifs is 1. The molecule has 1 aliphatic heterocycles. The summed E-state index contributed by atoms with van der Waals surface area (Å²) in [6.45, 7) is 3.72. The van der Waals surface area contributed by atoms with E-state index in [-0.39, 0.29) is 24.3 Å². The summed E-state index contributed by atoms with van der Waals surface area (Å²) in [5.41, 5.74) is 9.99. The fourth-order valence-electron chi connectivity index (χ4n) is 6.07. The molecule has 1 aliphatic carbocycles. The zero-order valence-electron chi connectivity index (χ0n) is 20.9. The number of carbonyl (C=O) groups excluding carboxylic acids is 1. The lowest BCUT2D eigenvalue weighted by Crippen LogP contribution is -2.31. The SMILES string of the molecule is C[C@@H]1C[C@H](N)C[C@H](c2ccncc2CC(=O)c2ccc(F)c3cc(N4CCCC(O)CC4)cnc23)C1. The van der Waals surface area contributed by atoms with Gasteiger partial charge in [-0.05, 0) is 85.8 Å². The maximum atomic E-state index is 14.9.